The standard InChI is InChI=1S/C16H26N2/c1-12-5-7-14(8-6-12)15-9-16(10-15)17-13(2)11-18(3)4/h5-8,13,15-17H,9-11H2,1-4H3. The van der Waals surface area contributed by atoms with Crippen molar-refractivity contribution < 1.29 is 0 Å². The highest BCUT2D eigenvalue weighted by atomic mass is 15.1. The molecule has 2 rings (SSSR count). The van der Waals surface area contributed by atoms with Crippen molar-refractivity contribution in [1.82, 2.24) is 10.2 Å². The molecular weight excluding hydrogens is 220 g/mol. The van der Waals surface area contributed by atoms with Crippen LogP contribution in [0, 0.1) is 6.92 Å². The van der Waals surface area contributed by atoms with Crippen molar-refractivity contribution >= 4 is 0 Å². The molecule has 1 aromatic carbocycles. The lowest BCUT2D eigenvalue weighted by atomic mass is 9.75. The second-order valence-electron chi connectivity index (χ2n) is 6.11. The molecule has 1 unspecified atom stereocenters. The van der Waals surface area contributed by atoms with E-state index in [1.807, 2.05) is 0 Å². The Morgan fingerprint density at radius 1 is 1.22 bits per heavy atom. The van der Waals surface area contributed by atoms with Crippen molar-refractivity contribution in [2.75, 3.05) is 20.6 Å². The molecule has 1 aliphatic rings. The first kappa shape index (κ1) is 13.6. The number of benzene rings is 1. The summed E-state index contributed by atoms with van der Waals surface area (Å²) in [4.78, 5) is 2.24. The van der Waals surface area contributed by atoms with Gasteiger partial charge < -0.3 is 10.2 Å². The summed E-state index contributed by atoms with van der Waals surface area (Å²) in [6.45, 7) is 5.54. The monoisotopic (exact) mass is 246 g/mol. The number of nitrogens with zero attached hydrogens (tertiary/aromatic N) is 1. The summed E-state index contributed by atoms with van der Waals surface area (Å²) >= 11 is 0. The smallest absolute Gasteiger partial charge is 0.0169 e. The molecule has 0 aliphatic heterocycles. The minimum atomic E-state index is 0.587. The molecule has 0 heterocycles. The quantitative estimate of drug-likeness (QED) is 0.859. The van der Waals surface area contributed by atoms with Crippen LogP contribution in [0.5, 0.6) is 0 Å². The van der Waals surface area contributed by atoms with E-state index in [0.29, 0.717) is 12.1 Å². The Morgan fingerprint density at radius 2 is 1.83 bits per heavy atom. The fourth-order valence-electron chi connectivity index (χ4n) is 2.87. The van der Waals surface area contributed by atoms with E-state index in [4.69, 9.17) is 0 Å². The van der Waals surface area contributed by atoms with Gasteiger partial charge in [-0.3, -0.25) is 0 Å². The molecule has 0 bridgehead atoms. The average molecular weight is 246 g/mol. The number of aryl methyl sites for hydroxylation is 1. The van der Waals surface area contributed by atoms with Crippen LogP contribution in [0.15, 0.2) is 24.3 Å². The van der Waals surface area contributed by atoms with Gasteiger partial charge in [0.1, 0.15) is 0 Å². The second-order valence-corrected chi connectivity index (χ2v) is 6.11. The molecule has 1 aromatic rings. The molecule has 1 saturated carbocycles. The summed E-state index contributed by atoms with van der Waals surface area (Å²) in [5.41, 5.74) is 2.87. The highest BCUT2D eigenvalue weighted by Crippen LogP contribution is 2.37. The molecule has 1 atom stereocenters. The van der Waals surface area contributed by atoms with Gasteiger partial charge in [0, 0.05) is 18.6 Å². The van der Waals surface area contributed by atoms with Crippen molar-refractivity contribution in [3.05, 3.63) is 35.4 Å². The van der Waals surface area contributed by atoms with E-state index < -0.39 is 0 Å². The van der Waals surface area contributed by atoms with E-state index >= 15 is 0 Å². The van der Waals surface area contributed by atoms with E-state index in [1.165, 1.54) is 24.0 Å². The number of hydrogen-bond donors (Lipinski definition) is 1. The molecule has 2 heteroatoms. The highest BCUT2D eigenvalue weighted by molar-refractivity contribution is 5.26. The zero-order valence-electron chi connectivity index (χ0n) is 12.1. The van der Waals surface area contributed by atoms with Gasteiger partial charge in [-0.25, -0.2) is 0 Å². The largest absolute Gasteiger partial charge is 0.310 e. The summed E-state index contributed by atoms with van der Waals surface area (Å²) in [6, 6.07) is 10.3. The fourth-order valence-corrected chi connectivity index (χ4v) is 2.87. The lowest BCUT2D eigenvalue weighted by Gasteiger charge is -2.38. The molecule has 0 amide bonds. The van der Waals surface area contributed by atoms with Crippen LogP contribution in [0.4, 0.5) is 0 Å². The summed E-state index contributed by atoms with van der Waals surface area (Å²) in [7, 11) is 4.27. The van der Waals surface area contributed by atoms with Gasteiger partial charge in [-0.15, -0.1) is 0 Å². The van der Waals surface area contributed by atoms with Crippen LogP contribution in [-0.4, -0.2) is 37.6 Å². The average Bonchev–Trinajstić information content (AvgIpc) is 2.23. The molecule has 1 fully saturated rings. The predicted octanol–water partition coefficient (Wildman–Crippen LogP) is 2.78. The molecule has 100 valence electrons. The van der Waals surface area contributed by atoms with E-state index in [9.17, 15) is 0 Å². The summed E-state index contributed by atoms with van der Waals surface area (Å²) in [6.07, 6.45) is 2.58. The normalized spacial score (nSPS) is 24.9. The minimum Gasteiger partial charge on any atom is -0.310 e. The first-order chi connectivity index (χ1) is 8.54. The number of hydrogen-bond acceptors (Lipinski definition) is 2. The van der Waals surface area contributed by atoms with Crippen molar-refractivity contribution in [2.45, 2.75) is 44.7 Å². The molecule has 2 nitrogen and oxygen atoms in total. The van der Waals surface area contributed by atoms with Crippen molar-refractivity contribution in [3.8, 4) is 0 Å². The van der Waals surface area contributed by atoms with E-state index in [-0.39, 0.29) is 0 Å². The molecule has 1 N–H and O–H groups in total. The third-order valence-electron chi connectivity index (χ3n) is 3.85. The van der Waals surface area contributed by atoms with Crippen LogP contribution in [0.25, 0.3) is 0 Å². The van der Waals surface area contributed by atoms with Gasteiger partial charge in [-0.1, -0.05) is 29.8 Å². The summed E-state index contributed by atoms with van der Waals surface area (Å²) in [5, 5.41) is 3.72. The molecule has 1 aliphatic carbocycles. The van der Waals surface area contributed by atoms with Crippen LogP contribution in [-0.2, 0) is 0 Å². The van der Waals surface area contributed by atoms with Gasteiger partial charge in [0.2, 0.25) is 0 Å². The summed E-state index contributed by atoms with van der Waals surface area (Å²) < 4.78 is 0. The number of likely N-dealkylation sites (N-methyl/N-ethyl adjacent to an activating group) is 1. The third kappa shape index (κ3) is 3.56. The minimum absolute atomic E-state index is 0.587. The Bertz CT molecular complexity index is 363. The molecule has 18 heavy (non-hydrogen) atoms. The van der Waals surface area contributed by atoms with Gasteiger partial charge >= 0.3 is 0 Å². The molecule has 0 radical (unpaired) electrons. The Morgan fingerprint density at radius 3 is 2.39 bits per heavy atom. The lowest BCUT2D eigenvalue weighted by Crippen LogP contribution is -2.47. The van der Waals surface area contributed by atoms with E-state index in [2.05, 4.69) is 62.4 Å². The van der Waals surface area contributed by atoms with Crippen LogP contribution in [0.2, 0.25) is 0 Å². The highest BCUT2D eigenvalue weighted by Gasteiger charge is 2.30. The maximum atomic E-state index is 3.72. The SMILES string of the molecule is Cc1ccc(C2CC(NC(C)CN(C)C)C2)cc1. The first-order valence-electron chi connectivity index (χ1n) is 7.02. The van der Waals surface area contributed by atoms with Crippen molar-refractivity contribution in [1.29, 1.82) is 0 Å². The zero-order chi connectivity index (χ0) is 13.1. The maximum Gasteiger partial charge on any atom is 0.0169 e. The maximum absolute atomic E-state index is 3.72. The second kappa shape index (κ2) is 5.85. The summed E-state index contributed by atoms with van der Waals surface area (Å²) in [5.74, 6) is 0.773. The van der Waals surface area contributed by atoms with E-state index in [0.717, 1.165) is 12.5 Å². The van der Waals surface area contributed by atoms with Crippen molar-refractivity contribution in [2.24, 2.45) is 0 Å². The van der Waals surface area contributed by atoms with E-state index in [1.54, 1.807) is 0 Å². The van der Waals surface area contributed by atoms with Crippen LogP contribution >= 0.6 is 0 Å². The van der Waals surface area contributed by atoms with Gasteiger partial charge in [0.25, 0.3) is 0 Å². The van der Waals surface area contributed by atoms with Crippen LogP contribution in [0.3, 0.4) is 0 Å². The molecule has 0 aromatic heterocycles. The topological polar surface area (TPSA) is 15.3 Å². The zero-order valence-corrected chi connectivity index (χ0v) is 12.1. The third-order valence-corrected chi connectivity index (χ3v) is 3.85. The van der Waals surface area contributed by atoms with Gasteiger partial charge in [0.05, 0.1) is 0 Å². The van der Waals surface area contributed by atoms with Gasteiger partial charge in [0.15, 0.2) is 0 Å². The Hall–Kier alpha value is -0.860. The Kier molecular flexibility index (Phi) is 4.41. The first-order valence-corrected chi connectivity index (χ1v) is 7.02. The molecule has 0 saturated heterocycles. The predicted molar refractivity (Wildman–Crippen MR) is 78.1 cm³/mol. The van der Waals surface area contributed by atoms with Crippen LogP contribution < -0.4 is 5.32 Å². The molecular formula is C16H26N2. The number of nitrogens with one attached hydrogen (secondary N) is 1. The Balaban J connectivity index is 1.75. The fraction of sp³-hybridized carbons (Fsp3) is 0.625. The van der Waals surface area contributed by atoms with Crippen LogP contribution in [0.1, 0.15) is 36.8 Å². The lowest BCUT2D eigenvalue weighted by molar-refractivity contribution is 0.245. The van der Waals surface area contributed by atoms with Gasteiger partial charge in [-0.2, -0.15) is 0 Å². The molecule has 0 spiro atoms. The Labute approximate surface area is 111 Å². The van der Waals surface area contributed by atoms with Crippen molar-refractivity contribution in [3.63, 3.8) is 0 Å². The van der Waals surface area contributed by atoms with Gasteiger partial charge in [-0.05, 0) is 52.3 Å². The number of rotatable bonds is 5.